The highest BCUT2D eigenvalue weighted by Gasteiger charge is 2.14. The van der Waals surface area contributed by atoms with Crippen LogP contribution in [0.2, 0.25) is 0 Å². The molecule has 0 saturated heterocycles. The molecular weight excluding hydrogens is 398 g/mol. The number of benzene rings is 1. The molecule has 112 valence electrons. The third kappa shape index (κ3) is 3.81. The number of nitrogens with one attached hydrogen (secondary N) is 1. The second-order valence-electron chi connectivity index (χ2n) is 4.60. The first-order valence-electron chi connectivity index (χ1n) is 6.62. The van der Waals surface area contributed by atoms with Crippen molar-refractivity contribution in [3.05, 3.63) is 38.4 Å². The smallest absolute Gasteiger partial charge is 0.163 e. The molecule has 21 heavy (non-hydrogen) atoms. The first-order chi connectivity index (χ1) is 10.1. The summed E-state index contributed by atoms with van der Waals surface area (Å²) >= 11 is 7.13. The van der Waals surface area contributed by atoms with Gasteiger partial charge in [-0.05, 0) is 47.5 Å². The molecule has 1 heterocycles. The number of halogens is 2. The van der Waals surface area contributed by atoms with Gasteiger partial charge in [0.2, 0.25) is 0 Å². The van der Waals surface area contributed by atoms with Gasteiger partial charge in [-0.25, -0.2) is 9.97 Å². The largest absolute Gasteiger partial charge is 0.378 e. The van der Waals surface area contributed by atoms with Crippen molar-refractivity contribution in [3.8, 4) is 11.4 Å². The van der Waals surface area contributed by atoms with Gasteiger partial charge in [0, 0.05) is 23.7 Å². The molecule has 2 rings (SSSR count). The molecule has 0 aliphatic heterocycles. The average molecular weight is 415 g/mol. The van der Waals surface area contributed by atoms with E-state index in [4.69, 9.17) is 4.74 Å². The fraction of sp³-hybridized carbons (Fsp3) is 0.333. The Morgan fingerprint density at radius 1 is 1.24 bits per heavy atom. The second-order valence-corrected chi connectivity index (χ2v) is 6.25. The van der Waals surface area contributed by atoms with Crippen molar-refractivity contribution in [1.82, 2.24) is 9.97 Å². The molecule has 2 aromatic rings. The van der Waals surface area contributed by atoms with E-state index in [2.05, 4.69) is 66.2 Å². The fourth-order valence-electron chi connectivity index (χ4n) is 1.93. The number of ether oxygens (including phenoxy) is 1. The first kappa shape index (κ1) is 16.4. The Labute approximate surface area is 141 Å². The fourth-order valence-corrected chi connectivity index (χ4v) is 3.03. The molecule has 0 fully saturated rings. The first-order valence-corrected chi connectivity index (χ1v) is 8.21. The Kier molecular flexibility index (Phi) is 5.72. The lowest BCUT2D eigenvalue weighted by molar-refractivity contribution is 0.181. The molecule has 0 radical (unpaired) electrons. The van der Waals surface area contributed by atoms with Gasteiger partial charge >= 0.3 is 0 Å². The van der Waals surface area contributed by atoms with Gasteiger partial charge < -0.3 is 10.1 Å². The summed E-state index contributed by atoms with van der Waals surface area (Å²) in [7, 11) is 1.66. The van der Waals surface area contributed by atoms with Crippen molar-refractivity contribution in [1.29, 1.82) is 0 Å². The van der Waals surface area contributed by atoms with Crippen LogP contribution in [0.15, 0.2) is 27.1 Å². The van der Waals surface area contributed by atoms with Crippen LogP contribution in [0.3, 0.4) is 0 Å². The summed E-state index contributed by atoms with van der Waals surface area (Å²) in [6.07, 6.45) is 0. The van der Waals surface area contributed by atoms with Crippen molar-refractivity contribution in [2.75, 3.05) is 19.0 Å². The maximum Gasteiger partial charge on any atom is 0.163 e. The summed E-state index contributed by atoms with van der Waals surface area (Å²) in [5, 5.41) is 3.25. The van der Waals surface area contributed by atoms with Crippen LogP contribution >= 0.6 is 31.9 Å². The molecule has 0 bridgehead atoms. The summed E-state index contributed by atoms with van der Waals surface area (Å²) in [5.74, 6) is 1.45. The van der Waals surface area contributed by atoms with E-state index in [0.717, 1.165) is 32.6 Å². The molecule has 0 unspecified atom stereocenters. The number of aryl methyl sites for hydroxylation is 1. The number of hydrogen-bond acceptors (Lipinski definition) is 4. The quantitative estimate of drug-likeness (QED) is 0.779. The van der Waals surface area contributed by atoms with Gasteiger partial charge in [-0.15, -0.1) is 0 Å². The average Bonchev–Trinajstić information content (AvgIpc) is 2.43. The Bertz CT molecular complexity index is 620. The van der Waals surface area contributed by atoms with Crippen LogP contribution in [0.25, 0.3) is 11.4 Å². The maximum absolute atomic E-state index is 5.22. The maximum atomic E-state index is 5.22. The zero-order chi connectivity index (χ0) is 15.4. The lowest BCUT2D eigenvalue weighted by atomic mass is 10.1. The Morgan fingerprint density at radius 2 is 2.00 bits per heavy atom. The minimum absolute atomic E-state index is 0.429. The highest BCUT2D eigenvalue weighted by Crippen LogP contribution is 2.31. The van der Waals surface area contributed by atoms with Crippen molar-refractivity contribution >= 4 is 37.7 Å². The van der Waals surface area contributed by atoms with Gasteiger partial charge in [0.05, 0.1) is 16.8 Å². The van der Waals surface area contributed by atoms with Crippen molar-refractivity contribution in [2.45, 2.75) is 20.5 Å². The topological polar surface area (TPSA) is 47.0 Å². The summed E-state index contributed by atoms with van der Waals surface area (Å²) in [4.78, 5) is 9.22. The van der Waals surface area contributed by atoms with Crippen LogP contribution in [-0.2, 0) is 11.3 Å². The number of aromatic nitrogens is 2. The lowest BCUT2D eigenvalue weighted by Crippen LogP contribution is -2.07. The monoisotopic (exact) mass is 413 g/mol. The molecule has 0 aliphatic rings. The zero-order valence-corrected chi connectivity index (χ0v) is 15.4. The Balaban J connectivity index is 2.56. The zero-order valence-electron chi connectivity index (χ0n) is 12.2. The molecule has 0 spiro atoms. The summed E-state index contributed by atoms with van der Waals surface area (Å²) in [6.45, 7) is 5.30. The van der Waals surface area contributed by atoms with E-state index in [9.17, 15) is 0 Å². The van der Waals surface area contributed by atoms with Crippen LogP contribution in [0.5, 0.6) is 0 Å². The molecule has 0 atom stereocenters. The van der Waals surface area contributed by atoms with Gasteiger partial charge in [-0.1, -0.05) is 22.0 Å². The number of hydrogen-bond donors (Lipinski definition) is 1. The molecule has 1 aromatic carbocycles. The highest BCUT2D eigenvalue weighted by molar-refractivity contribution is 9.11. The Hall–Kier alpha value is -0.980. The van der Waals surface area contributed by atoms with Crippen molar-refractivity contribution < 1.29 is 4.74 Å². The van der Waals surface area contributed by atoms with Gasteiger partial charge in [0.1, 0.15) is 5.82 Å². The summed E-state index contributed by atoms with van der Waals surface area (Å²) in [6, 6.07) is 6.13. The molecule has 4 nitrogen and oxygen atoms in total. The molecule has 6 heteroatoms. The number of nitrogens with zero attached hydrogens (tertiary/aromatic N) is 2. The minimum Gasteiger partial charge on any atom is -0.378 e. The molecule has 1 N–H and O–H groups in total. The highest BCUT2D eigenvalue weighted by atomic mass is 79.9. The van der Waals surface area contributed by atoms with Crippen LogP contribution in [-0.4, -0.2) is 23.6 Å². The van der Waals surface area contributed by atoms with Gasteiger partial charge in [-0.3, -0.25) is 0 Å². The second kappa shape index (κ2) is 7.33. The number of anilines is 1. The van der Waals surface area contributed by atoms with Crippen LogP contribution in [0.1, 0.15) is 18.2 Å². The van der Waals surface area contributed by atoms with E-state index in [1.165, 1.54) is 5.56 Å². The number of methoxy groups -OCH3 is 1. The normalized spacial score (nSPS) is 10.7. The van der Waals surface area contributed by atoms with Crippen molar-refractivity contribution in [3.63, 3.8) is 0 Å². The standard InChI is InChI=1S/C15H17Br2N3O/c1-4-18-15-13(17)12(8-21-3)19-14(20-15)10-6-5-9(2)7-11(10)16/h5-7H,4,8H2,1-3H3,(H,18,19,20). The van der Waals surface area contributed by atoms with Gasteiger partial charge in [0.25, 0.3) is 0 Å². The van der Waals surface area contributed by atoms with E-state index in [1.54, 1.807) is 7.11 Å². The van der Waals surface area contributed by atoms with E-state index in [-0.39, 0.29) is 0 Å². The third-order valence-corrected chi connectivity index (χ3v) is 4.40. The van der Waals surface area contributed by atoms with Gasteiger partial charge in [-0.2, -0.15) is 0 Å². The molecule has 0 saturated carbocycles. The van der Waals surface area contributed by atoms with E-state index in [0.29, 0.717) is 12.4 Å². The van der Waals surface area contributed by atoms with E-state index < -0.39 is 0 Å². The lowest BCUT2D eigenvalue weighted by Gasteiger charge is -2.13. The molecule has 0 amide bonds. The van der Waals surface area contributed by atoms with Crippen LogP contribution in [0.4, 0.5) is 5.82 Å². The number of rotatable bonds is 5. The van der Waals surface area contributed by atoms with Crippen LogP contribution in [0, 0.1) is 6.92 Å². The SMILES string of the molecule is CCNc1nc(-c2ccc(C)cc2Br)nc(COC)c1Br. The van der Waals surface area contributed by atoms with Gasteiger partial charge in [0.15, 0.2) is 5.82 Å². The molecule has 0 aliphatic carbocycles. The summed E-state index contributed by atoms with van der Waals surface area (Å²) < 4.78 is 7.05. The van der Waals surface area contributed by atoms with Crippen molar-refractivity contribution in [2.24, 2.45) is 0 Å². The predicted octanol–water partition coefficient (Wildman–Crippen LogP) is 4.56. The molecule has 1 aromatic heterocycles. The van der Waals surface area contributed by atoms with E-state index in [1.807, 2.05) is 13.0 Å². The Morgan fingerprint density at radius 3 is 2.62 bits per heavy atom. The van der Waals surface area contributed by atoms with E-state index >= 15 is 0 Å². The minimum atomic E-state index is 0.429. The summed E-state index contributed by atoms with van der Waals surface area (Å²) in [5.41, 5.74) is 2.97. The third-order valence-electron chi connectivity index (χ3n) is 2.91. The van der Waals surface area contributed by atoms with Crippen LogP contribution < -0.4 is 5.32 Å². The molecular formula is C15H17Br2N3O. The predicted molar refractivity (Wildman–Crippen MR) is 92.5 cm³/mol.